The molecule has 0 fully saturated rings. The molecule has 46 heavy (non-hydrogen) atoms. The zero-order valence-corrected chi connectivity index (χ0v) is 29.2. The van der Waals surface area contributed by atoms with Crippen molar-refractivity contribution in [1.82, 2.24) is 4.98 Å². The Hall–Kier alpha value is -4.17. The lowest BCUT2D eigenvalue weighted by atomic mass is 9.83. The molecule has 5 nitrogen and oxygen atoms in total. The highest BCUT2D eigenvalue weighted by Gasteiger charge is 2.45. The van der Waals surface area contributed by atoms with Gasteiger partial charge in [-0.1, -0.05) is 102 Å². The molecular weight excluding hydrogens is 608 g/mol. The molecule has 0 saturated carbocycles. The number of carbonyl (C=O) groups excluding carboxylic acids is 2. The average molecular weight is 648 g/mol. The maximum atomic E-state index is 15.1. The highest BCUT2D eigenvalue weighted by molar-refractivity contribution is 7.86. The summed E-state index contributed by atoms with van der Waals surface area (Å²) in [5.41, 5.74) is 7.01. The molecule has 0 radical (unpaired) electrons. The lowest BCUT2D eigenvalue weighted by Gasteiger charge is -2.29. The summed E-state index contributed by atoms with van der Waals surface area (Å²) < 4.78 is 28.7. The summed E-state index contributed by atoms with van der Waals surface area (Å²) >= 11 is 0. The van der Waals surface area contributed by atoms with Gasteiger partial charge in [0, 0.05) is 22.1 Å². The van der Waals surface area contributed by atoms with Gasteiger partial charge in [-0.25, -0.2) is 0 Å². The minimum absolute atomic E-state index is 0.147. The summed E-state index contributed by atoms with van der Waals surface area (Å²) in [5, 5.41) is -1.12. The number of rotatable bonds is 10. The zero-order chi connectivity index (χ0) is 33.2. The van der Waals surface area contributed by atoms with Crippen LogP contribution in [-0.2, 0) is 20.4 Å². The molecule has 0 aliphatic rings. The van der Waals surface area contributed by atoms with Crippen molar-refractivity contribution in [3.05, 3.63) is 165 Å². The molecule has 0 saturated heterocycles. The number of pyridine rings is 1. The molecule has 0 N–H and O–H groups in total. The van der Waals surface area contributed by atoms with Gasteiger partial charge in [0.15, 0.2) is 12.9 Å². The van der Waals surface area contributed by atoms with Crippen molar-refractivity contribution >= 4 is 32.2 Å². The first-order valence-electron chi connectivity index (χ1n) is 15.3. The predicted molar refractivity (Wildman–Crippen MR) is 189 cm³/mol. The van der Waals surface area contributed by atoms with E-state index in [1.807, 2.05) is 90.1 Å². The standard InChI is InChI=1S/C39H39NO4P2/c1-25-20-27(3)35(28(4)21-25)37(41)39(45-43,31-14-9-7-10-15-31)34-19-13-16-32(40-34)24-46(44,33-17-11-8-12-18-33)38(42)36-29(5)22-26(2)23-30(36)6/h7-23H,24,45H2,1-6H3. The number of benzene rings is 4. The van der Waals surface area contributed by atoms with Gasteiger partial charge >= 0.3 is 0 Å². The van der Waals surface area contributed by atoms with E-state index in [0.29, 0.717) is 33.4 Å². The maximum Gasteiger partial charge on any atom is 0.226 e. The molecule has 0 bridgehead atoms. The molecule has 1 aromatic heterocycles. The predicted octanol–water partition coefficient (Wildman–Crippen LogP) is 8.84. The number of ketones is 1. The third-order valence-corrected chi connectivity index (χ3v) is 12.7. The quantitative estimate of drug-likeness (QED) is 0.112. The number of aromatic nitrogens is 1. The lowest BCUT2D eigenvalue weighted by Crippen LogP contribution is -2.34. The van der Waals surface area contributed by atoms with Crippen LogP contribution in [0.4, 0.5) is 0 Å². The summed E-state index contributed by atoms with van der Waals surface area (Å²) in [6.07, 6.45) is -0.147. The molecule has 0 aliphatic heterocycles. The maximum absolute atomic E-state index is 15.1. The van der Waals surface area contributed by atoms with Crippen molar-refractivity contribution in [3.63, 3.8) is 0 Å². The van der Waals surface area contributed by atoms with Crippen LogP contribution in [0.25, 0.3) is 0 Å². The van der Waals surface area contributed by atoms with Gasteiger partial charge in [0.2, 0.25) is 5.52 Å². The molecule has 1 heterocycles. The molecule has 5 aromatic rings. The fraction of sp³-hybridized carbons (Fsp3) is 0.205. The van der Waals surface area contributed by atoms with Crippen molar-refractivity contribution in [2.75, 3.05) is 0 Å². The normalized spacial score (nSPS) is 14.1. The largest absolute Gasteiger partial charge is 0.328 e. The zero-order valence-electron chi connectivity index (χ0n) is 27.1. The van der Waals surface area contributed by atoms with Crippen molar-refractivity contribution < 1.29 is 18.7 Å². The van der Waals surface area contributed by atoms with Crippen LogP contribution in [0.1, 0.15) is 71.0 Å². The van der Waals surface area contributed by atoms with Crippen LogP contribution in [0, 0.1) is 41.5 Å². The van der Waals surface area contributed by atoms with Gasteiger partial charge in [-0.05, 0) is 81.5 Å². The van der Waals surface area contributed by atoms with E-state index in [1.165, 1.54) is 0 Å². The summed E-state index contributed by atoms with van der Waals surface area (Å²) in [4.78, 5) is 34.1. The molecule has 0 spiro atoms. The molecule has 234 valence electrons. The minimum Gasteiger partial charge on any atom is -0.328 e. The lowest BCUT2D eigenvalue weighted by molar-refractivity contribution is 0.0953. The molecule has 3 atom stereocenters. The number of carbonyl (C=O) groups is 2. The molecule has 7 heteroatoms. The second-order valence-electron chi connectivity index (χ2n) is 12.2. The first kappa shape index (κ1) is 33.2. The number of hydrogen-bond acceptors (Lipinski definition) is 5. The van der Waals surface area contributed by atoms with Crippen molar-refractivity contribution in [1.29, 1.82) is 0 Å². The molecule has 0 aliphatic carbocycles. The highest BCUT2D eigenvalue weighted by Crippen LogP contribution is 2.52. The Morgan fingerprint density at radius 3 is 1.70 bits per heavy atom. The van der Waals surface area contributed by atoms with E-state index in [-0.39, 0.29) is 11.9 Å². The van der Waals surface area contributed by atoms with Crippen LogP contribution >= 0.6 is 15.6 Å². The summed E-state index contributed by atoms with van der Waals surface area (Å²) in [7, 11) is -5.53. The Kier molecular flexibility index (Phi) is 9.59. The topological polar surface area (TPSA) is 81.2 Å². The van der Waals surface area contributed by atoms with Gasteiger partial charge in [0.1, 0.15) is 5.16 Å². The van der Waals surface area contributed by atoms with E-state index < -0.39 is 26.3 Å². The third-order valence-electron chi connectivity index (χ3n) is 8.66. The average Bonchev–Trinajstić information content (AvgIpc) is 3.02. The molecule has 5 rings (SSSR count). The number of nitrogens with zero attached hydrogens (tertiary/aromatic N) is 1. The van der Waals surface area contributed by atoms with E-state index in [9.17, 15) is 14.2 Å². The van der Waals surface area contributed by atoms with E-state index in [2.05, 4.69) is 0 Å². The van der Waals surface area contributed by atoms with Crippen LogP contribution in [-0.4, -0.2) is 16.3 Å². The van der Waals surface area contributed by atoms with Gasteiger partial charge in [0.05, 0.1) is 20.3 Å². The number of aryl methyl sites for hydroxylation is 6. The molecule has 4 aromatic carbocycles. The summed E-state index contributed by atoms with van der Waals surface area (Å²) in [5.74, 6) is -0.295. The SMILES string of the molecule is Cc1cc(C)c(C(=O)C([PH2]=O)(c2ccccc2)c2cccc(CP(=O)(C(=O)c3c(C)cc(C)cc3C)c3ccccc3)n2)c(C)c1. The van der Waals surface area contributed by atoms with Crippen LogP contribution < -0.4 is 5.30 Å². The first-order valence-corrected chi connectivity index (χ1v) is 18.2. The number of hydrogen-bond donors (Lipinski definition) is 0. The van der Waals surface area contributed by atoms with Gasteiger partial charge in [-0.2, -0.15) is 0 Å². The first-order chi connectivity index (χ1) is 21.9. The summed E-state index contributed by atoms with van der Waals surface area (Å²) in [6, 6.07) is 30.9. The molecular formula is C39H39NO4P2. The van der Waals surface area contributed by atoms with Gasteiger partial charge < -0.3 is 9.13 Å². The smallest absolute Gasteiger partial charge is 0.226 e. The second-order valence-corrected chi connectivity index (χ2v) is 16.0. The van der Waals surface area contributed by atoms with Crippen LogP contribution in [0.3, 0.4) is 0 Å². The Morgan fingerprint density at radius 2 is 1.17 bits per heavy atom. The van der Waals surface area contributed by atoms with Crippen molar-refractivity contribution in [2.45, 2.75) is 52.9 Å². The Bertz CT molecular complexity index is 1980. The van der Waals surface area contributed by atoms with E-state index in [1.54, 1.807) is 54.6 Å². The fourth-order valence-electron chi connectivity index (χ4n) is 6.68. The summed E-state index contributed by atoms with van der Waals surface area (Å²) in [6.45, 7) is 11.5. The minimum atomic E-state index is -3.79. The van der Waals surface area contributed by atoms with E-state index in [4.69, 9.17) is 4.98 Å². The van der Waals surface area contributed by atoms with Crippen molar-refractivity contribution in [2.24, 2.45) is 0 Å². The Balaban J connectivity index is 1.70. The Morgan fingerprint density at radius 1 is 0.674 bits per heavy atom. The highest BCUT2D eigenvalue weighted by atomic mass is 31.2. The Labute approximate surface area is 272 Å². The third kappa shape index (κ3) is 6.03. The van der Waals surface area contributed by atoms with Crippen LogP contribution in [0.2, 0.25) is 0 Å². The second kappa shape index (κ2) is 13.3. The van der Waals surface area contributed by atoms with Gasteiger partial charge in [-0.3, -0.25) is 14.6 Å². The van der Waals surface area contributed by atoms with E-state index >= 15 is 4.57 Å². The van der Waals surface area contributed by atoms with Gasteiger partial charge in [-0.15, -0.1) is 0 Å². The molecule has 0 amide bonds. The van der Waals surface area contributed by atoms with Crippen LogP contribution in [0.5, 0.6) is 0 Å². The van der Waals surface area contributed by atoms with Crippen molar-refractivity contribution in [3.8, 4) is 0 Å². The fourth-order valence-corrected chi connectivity index (χ4v) is 10.1. The number of Topliss-reactive ketones (excluding diaryl/α,β-unsaturated/α-hetero) is 1. The molecule has 3 unspecified atom stereocenters. The van der Waals surface area contributed by atoms with Crippen LogP contribution in [0.15, 0.2) is 103 Å². The van der Waals surface area contributed by atoms with Gasteiger partial charge in [0.25, 0.3) is 0 Å². The van der Waals surface area contributed by atoms with E-state index in [0.717, 1.165) is 33.4 Å². The monoisotopic (exact) mass is 647 g/mol.